The molecule has 1 heterocycles. The summed E-state index contributed by atoms with van der Waals surface area (Å²) in [6.45, 7) is 2.75. The molecule has 0 aromatic rings. The molecule has 2 atom stereocenters. The van der Waals surface area contributed by atoms with E-state index in [4.69, 9.17) is 9.84 Å². The van der Waals surface area contributed by atoms with Crippen LogP contribution >= 0.6 is 0 Å². The number of nitrogens with zero attached hydrogens (tertiary/aromatic N) is 1. The lowest BCUT2D eigenvalue weighted by molar-refractivity contribution is -0.141. The van der Waals surface area contributed by atoms with E-state index in [1.165, 1.54) is 12.0 Å². The second kappa shape index (κ2) is 7.68. The molecule has 2 unspecified atom stereocenters. The van der Waals surface area contributed by atoms with E-state index in [0.29, 0.717) is 6.54 Å². The maximum Gasteiger partial charge on any atom is 0.326 e. The topological polar surface area (TPSA) is 108 Å². The Balaban J connectivity index is 2.45. The molecule has 3 N–H and O–H groups in total. The molecular weight excluding hydrogens is 266 g/mol. The Kier molecular flexibility index (Phi) is 6.23. The van der Waals surface area contributed by atoms with Crippen molar-refractivity contribution in [2.45, 2.75) is 31.9 Å². The van der Waals surface area contributed by atoms with Gasteiger partial charge in [-0.2, -0.15) is 0 Å². The summed E-state index contributed by atoms with van der Waals surface area (Å²) in [7, 11) is 1.49. The summed E-state index contributed by atoms with van der Waals surface area (Å²) in [5.41, 5.74) is 0. The van der Waals surface area contributed by atoms with Gasteiger partial charge in [0.2, 0.25) is 5.91 Å². The van der Waals surface area contributed by atoms with Gasteiger partial charge < -0.3 is 25.4 Å². The van der Waals surface area contributed by atoms with Gasteiger partial charge in [-0.25, -0.2) is 9.59 Å². The summed E-state index contributed by atoms with van der Waals surface area (Å²) in [5, 5.41) is 14.3. The zero-order valence-electron chi connectivity index (χ0n) is 11.7. The van der Waals surface area contributed by atoms with Crippen molar-refractivity contribution in [1.29, 1.82) is 0 Å². The number of nitrogens with one attached hydrogen (secondary N) is 2. The fourth-order valence-electron chi connectivity index (χ4n) is 2.10. The lowest BCUT2D eigenvalue weighted by atomic mass is 10.2. The van der Waals surface area contributed by atoms with Gasteiger partial charge in [-0.15, -0.1) is 0 Å². The van der Waals surface area contributed by atoms with Crippen LogP contribution in [0.3, 0.4) is 0 Å². The third-order valence-electron chi connectivity index (χ3n) is 3.14. The van der Waals surface area contributed by atoms with Crippen molar-refractivity contribution in [3.63, 3.8) is 0 Å². The van der Waals surface area contributed by atoms with Crippen LogP contribution in [-0.2, 0) is 14.3 Å². The molecule has 0 bridgehead atoms. The molecule has 1 fully saturated rings. The number of carbonyl (C=O) groups excluding carboxylic acids is 2. The lowest BCUT2D eigenvalue weighted by Gasteiger charge is -2.21. The van der Waals surface area contributed by atoms with Crippen LogP contribution in [0.5, 0.6) is 0 Å². The number of aliphatic carboxylic acids is 1. The van der Waals surface area contributed by atoms with Gasteiger partial charge in [-0.3, -0.25) is 4.79 Å². The van der Waals surface area contributed by atoms with Crippen molar-refractivity contribution < 1.29 is 24.2 Å². The van der Waals surface area contributed by atoms with Gasteiger partial charge in [-0.05, 0) is 6.92 Å². The number of urea groups is 1. The molecule has 114 valence electrons. The molecule has 0 aromatic carbocycles. The standard InChI is InChI=1S/C12H21N3O5/c1-3-13-10(16)4-5-14-12(19)15-7-8(20-2)6-9(15)11(17)18/h8-9H,3-7H2,1-2H3,(H,13,16)(H,14,19)(H,17,18). The van der Waals surface area contributed by atoms with Crippen molar-refractivity contribution in [1.82, 2.24) is 15.5 Å². The number of methoxy groups -OCH3 is 1. The number of carbonyl (C=O) groups is 3. The minimum Gasteiger partial charge on any atom is -0.480 e. The molecule has 0 aliphatic carbocycles. The molecule has 20 heavy (non-hydrogen) atoms. The Morgan fingerprint density at radius 2 is 2.05 bits per heavy atom. The normalized spacial score (nSPS) is 21.6. The largest absolute Gasteiger partial charge is 0.480 e. The van der Waals surface area contributed by atoms with Crippen LogP contribution in [0, 0.1) is 0 Å². The smallest absolute Gasteiger partial charge is 0.326 e. The molecule has 3 amide bonds. The Bertz CT molecular complexity index is 374. The van der Waals surface area contributed by atoms with E-state index < -0.39 is 18.0 Å². The first-order valence-corrected chi connectivity index (χ1v) is 6.56. The number of rotatable bonds is 6. The molecule has 0 radical (unpaired) electrons. The molecule has 1 rings (SSSR count). The van der Waals surface area contributed by atoms with Gasteiger partial charge in [-0.1, -0.05) is 0 Å². The van der Waals surface area contributed by atoms with Crippen LogP contribution in [-0.4, -0.2) is 66.8 Å². The van der Waals surface area contributed by atoms with E-state index in [1.54, 1.807) is 0 Å². The highest BCUT2D eigenvalue weighted by Crippen LogP contribution is 2.20. The second-order valence-corrected chi connectivity index (χ2v) is 4.54. The van der Waals surface area contributed by atoms with E-state index >= 15 is 0 Å². The summed E-state index contributed by atoms with van der Waals surface area (Å²) < 4.78 is 5.10. The van der Waals surface area contributed by atoms with Crippen LogP contribution in [0.25, 0.3) is 0 Å². The van der Waals surface area contributed by atoms with Gasteiger partial charge >= 0.3 is 12.0 Å². The van der Waals surface area contributed by atoms with Gasteiger partial charge in [0.05, 0.1) is 6.10 Å². The van der Waals surface area contributed by atoms with Crippen molar-refractivity contribution in [2.75, 3.05) is 26.7 Å². The highest BCUT2D eigenvalue weighted by molar-refractivity contribution is 5.84. The van der Waals surface area contributed by atoms with E-state index in [-0.39, 0.29) is 37.9 Å². The predicted octanol–water partition coefficient (Wildman–Crippen LogP) is -0.604. The summed E-state index contributed by atoms with van der Waals surface area (Å²) in [4.78, 5) is 35.5. The molecule has 8 heteroatoms. The molecule has 1 aliphatic heterocycles. The maximum atomic E-state index is 11.9. The fraction of sp³-hybridized carbons (Fsp3) is 0.750. The van der Waals surface area contributed by atoms with Crippen LogP contribution in [0.4, 0.5) is 4.79 Å². The van der Waals surface area contributed by atoms with Crippen molar-refractivity contribution in [3.8, 4) is 0 Å². The average Bonchev–Trinajstić information content (AvgIpc) is 2.83. The van der Waals surface area contributed by atoms with Crippen LogP contribution in [0.15, 0.2) is 0 Å². The molecule has 1 saturated heterocycles. The van der Waals surface area contributed by atoms with Crippen molar-refractivity contribution >= 4 is 17.9 Å². The van der Waals surface area contributed by atoms with Gasteiger partial charge in [0, 0.05) is 39.6 Å². The summed E-state index contributed by atoms with van der Waals surface area (Å²) >= 11 is 0. The highest BCUT2D eigenvalue weighted by atomic mass is 16.5. The number of ether oxygens (including phenoxy) is 1. The Morgan fingerprint density at radius 1 is 1.35 bits per heavy atom. The van der Waals surface area contributed by atoms with E-state index in [1.807, 2.05) is 6.92 Å². The predicted molar refractivity (Wildman–Crippen MR) is 70.2 cm³/mol. The monoisotopic (exact) mass is 287 g/mol. The second-order valence-electron chi connectivity index (χ2n) is 4.54. The van der Waals surface area contributed by atoms with Gasteiger partial charge in [0.25, 0.3) is 0 Å². The third-order valence-corrected chi connectivity index (χ3v) is 3.14. The van der Waals surface area contributed by atoms with E-state index in [0.717, 1.165) is 0 Å². The van der Waals surface area contributed by atoms with Crippen LogP contribution in [0.1, 0.15) is 19.8 Å². The Morgan fingerprint density at radius 3 is 2.60 bits per heavy atom. The zero-order chi connectivity index (χ0) is 15.1. The Labute approximate surface area is 117 Å². The molecule has 1 aliphatic rings. The minimum absolute atomic E-state index is 0.154. The Hall–Kier alpha value is -1.83. The number of hydrogen-bond acceptors (Lipinski definition) is 4. The van der Waals surface area contributed by atoms with Crippen LogP contribution in [0.2, 0.25) is 0 Å². The lowest BCUT2D eigenvalue weighted by Crippen LogP contribution is -2.46. The summed E-state index contributed by atoms with van der Waals surface area (Å²) in [6.07, 6.45) is 0.166. The molecule has 0 spiro atoms. The number of likely N-dealkylation sites (tertiary alicyclic amines) is 1. The third kappa shape index (κ3) is 4.37. The minimum atomic E-state index is -1.05. The zero-order valence-corrected chi connectivity index (χ0v) is 11.7. The molecule has 8 nitrogen and oxygen atoms in total. The van der Waals surface area contributed by atoms with E-state index in [9.17, 15) is 14.4 Å². The number of amides is 3. The average molecular weight is 287 g/mol. The first-order valence-electron chi connectivity index (χ1n) is 6.56. The highest BCUT2D eigenvalue weighted by Gasteiger charge is 2.39. The summed E-state index contributed by atoms with van der Waals surface area (Å²) in [6, 6.07) is -1.37. The number of carboxylic acids is 1. The maximum absolute atomic E-state index is 11.9. The van der Waals surface area contributed by atoms with Crippen LogP contribution < -0.4 is 10.6 Å². The van der Waals surface area contributed by atoms with Crippen molar-refractivity contribution in [3.05, 3.63) is 0 Å². The van der Waals surface area contributed by atoms with Gasteiger partial charge in [0.15, 0.2) is 0 Å². The summed E-state index contributed by atoms with van der Waals surface area (Å²) in [5.74, 6) is -1.21. The molecule has 0 aromatic heterocycles. The SMILES string of the molecule is CCNC(=O)CCNC(=O)N1CC(OC)CC1C(=O)O. The quantitative estimate of drug-likeness (QED) is 0.604. The first-order chi connectivity index (χ1) is 9.49. The van der Waals surface area contributed by atoms with Gasteiger partial charge in [0.1, 0.15) is 6.04 Å². The van der Waals surface area contributed by atoms with Crippen molar-refractivity contribution in [2.24, 2.45) is 0 Å². The van der Waals surface area contributed by atoms with E-state index in [2.05, 4.69) is 10.6 Å². The number of carboxylic acid groups (broad SMARTS) is 1. The first kappa shape index (κ1) is 16.2. The number of hydrogen-bond donors (Lipinski definition) is 3. The molecular formula is C12H21N3O5. The molecule has 0 saturated carbocycles. The fourth-order valence-corrected chi connectivity index (χ4v) is 2.10.